The molecule has 6 nitrogen and oxygen atoms in total. The Kier molecular flexibility index (Phi) is 5.56. The Morgan fingerprint density at radius 1 is 1.10 bits per heavy atom. The smallest absolute Gasteiger partial charge is 0.134 e. The molecule has 29 heavy (non-hydrogen) atoms. The Balaban J connectivity index is 1.52. The maximum Gasteiger partial charge on any atom is 0.134 e. The van der Waals surface area contributed by atoms with Crippen molar-refractivity contribution in [1.82, 2.24) is 14.7 Å². The number of hydrogen-bond acceptors (Lipinski definition) is 5. The molecule has 0 spiro atoms. The average molecular weight is 393 g/mol. The number of aliphatic hydroxyl groups excluding tert-OH is 1. The fourth-order valence-corrected chi connectivity index (χ4v) is 3.80. The van der Waals surface area contributed by atoms with Crippen LogP contribution in [0.15, 0.2) is 57.6 Å². The van der Waals surface area contributed by atoms with E-state index in [4.69, 9.17) is 8.83 Å². The van der Waals surface area contributed by atoms with Crippen LogP contribution in [0.1, 0.15) is 28.5 Å². The summed E-state index contributed by atoms with van der Waals surface area (Å²) in [7, 11) is 0. The quantitative estimate of drug-likeness (QED) is 0.486. The molecule has 3 aromatic heterocycles. The molecule has 0 aliphatic heterocycles. The van der Waals surface area contributed by atoms with Crippen molar-refractivity contribution in [3.8, 4) is 0 Å². The number of rotatable bonds is 8. The van der Waals surface area contributed by atoms with Crippen LogP contribution >= 0.6 is 0 Å². The number of aromatic nitrogens is 2. The van der Waals surface area contributed by atoms with E-state index in [9.17, 15) is 5.11 Å². The van der Waals surface area contributed by atoms with E-state index in [0.717, 1.165) is 39.4 Å². The molecule has 3 heterocycles. The van der Waals surface area contributed by atoms with Crippen molar-refractivity contribution >= 4 is 11.0 Å². The van der Waals surface area contributed by atoms with Gasteiger partial charge in [-0.1, -0.05) is 18.2 Å². The molecule has 0 fully saturated rings. The van der Waals surface area contributed by atoms with Crippen LogP contribution in [0.25, 0.3) is 11.0 Å². The van der Waals surface area contributed by atoms with E-state index in [1.165, 1.54) is 0 Å². The second kappa shape index (κ2) is 8.27. The predicted octanol–water partition coefficient (Wildman–Crippen LogP) is 4.21. The highest BCUT2D eigenvalue weighted by Crippen LogP contribution is 2.26. The van der Waals surface area contributed by atoms with Crippen molar-refractivity contribution in [2.24, 2.45) is 0 Å². The fraction of sp³-hybridized carbons (Fsp3) is 0.348. The van der Waals surface area contributed by atoms with Crippen molar-refractivity contribution in [3.05, 3.63) is 77.2 Å². The molecule has 1 N–H and O–H groups in total. The Morgan fingerprint density at radius 2 is 1.93 bits per heavy atom. The van der Waals surface area contributed by atoms with Gasteiger partial charge in [0.05, 0.1) is 37.7 Å². The van der Waals surface area contributed by atoms with Gasteiger partial charge in [0, 0.05) is 17.6 Å². The summed E-state index contributed by atoms with van der Waals surface area (Å²) in [6.07, 6.45) is 1.11. The van der Waals surface area contributed by atoms with Gasteiger partial charge in [-0.2, -0.15) is 5.10 Å². The predicted molar refractivity (Wildman–Crippen MR) is 111 cm³/mol. The number of furan rings is 2. The highest BCUT2D eigenvalue weighted by atomic mass is 16.3. The summed E-state index contributed by atoms with van der Waals surface area (Å²) in [6.45, 7) is 8.17. The van der Waals surface area contributed by atoms with E-state index in [1.807, 2.05) is 54.9 Å². The molecule has 0 radical (unpaired) electrons. The third kappa shape index (κ3) is 4.44. The molecule has 152 valence electrons. The van der Waals surface area contributed by atoms with Crippen LogP contribution in [0.3, 0.4) is 0 Å². The van der Waals surface area contributed by atoms with Gasteiger partial charge in [0.1, 0.15) is 17.1 Å². The van der Waals surface area contributed by atoms with E-state index in [-0.39, 0.29) is 0 Å². The number of benzene rings is 1. The van der Waals surface area contributed by atoms with E-state index < -0.39 is 6.10 Å². The summed E-state index contributed by atoms with van der Waals surface area (Å²) < 4.78 is 13.5. The van der Waals surface area contributed by atoms with Gasteiger partial charge >= 0.3 is 0 Å². The van der Waals surface area contributed by atoms with Gasteiger partial charge in [-0.3, -0.25) is 9.58 Å². The Labute approximate surface area is 170 Å². The lowest BCUT2D eigenvalue weighted by molar-refractivity contribution is 0.0806. The molecule has 0 aliphatic rings. The fourth-order valence-electron chi connectivity index (χ4n) is 3.80. The SMILES string of the molecule is Cc1cc(C)n(CC(O)CN(Cc2ccco2)Cc2oc3ccccc3c2C)n1. The maximum absolute atomic E-state index is 10.8. The molecular formula is C23H27N3O3. The summed E-state index contributed by atoms with van der Waals surface area (Å²) >= 11 is 0. The molecule has 0 amide bonds. The normalized spacial score (nSPS) is 12.9. The lowest BCUT2D eigenvalue weighted by atomic mass is 10.1. The molecule has 6 heteroatoms. The van der Waals surface area contributed by atoms with Gasteiger partial charge in [-0.25, -0.2) is 0 Å². The lowest BCUT2D eigenvalue weighted by Crippen LogP contribution is -2.34. The molecule has 1 aromatic carbocycles. The molecule has 0 aliphatic carbocycles. The molecule has 0 bridgehead atoms. The van der Waals surface area contributed by atoms with Gasteiger partial charge in [0.15, 0.2) is 0 Å². The van der Waals surface area contributed by atoms with Crippen LogP contribution in [0.5, 0.6) is 0 Å². The van der Waals surface area contributed by atoms with Crippen LogP contribution in [0.2, 0.25) is 0 Å². The third-order valence-electron chi connectivity index (χ3n) is 5.23. The average Bonchev–Trinajstić information content (AvgIpc) is 3.37. The van der Waals surface area contributed by atoms with E-state index in [1.54, 1.807) is 6.26 Å². The molecule has 0 saturated carbocycles. The van der Waals surface area contributed by atoms with Crippen molar-refractivity contribution in [1.29, 1.82) is 0 Å². The van der Waals surface area contributed by atoms with E-state index in [0.29, 0.717) is 26.2 Å². The number of aryl methyl sites for hydroxylation is 3. The van der Waals surface area contributed by atoms with Crippen molar-refractivity contribution in [3.63, 3.8) is 0 Å². The minimum Gasteiger partial charge on any atom is -0.468 e. The Bertz CT molecular complexity index is 1080. The van der Waals surface area contributed by atoms with Crippen LogP contribution < -0.4 is 0 Å². The third-order valence-corrected chi connectivity index (χ3v) is 5.23. The molecule has 1 unspecified atom stereocenters. The molecule has 4 aromatic rings. The zero-order valence-electron chi connectivity index (χ0n) is 17.1. The summed E-state index contributed by atoms with van der Waals surface area (Å²) in [4.78, 5) is 2.15. The zero-order chi connectivity index (χ0) is 20.4. The largest absolute Gasteiger partial charge is 0.468 e. The highest BCUT2D eigenvalue weighted by molar-refractivity contribution is 5.81. The molecule has 0 saturated heterocycles. The van der Waals surface area contributed by atoms with E-state index in [2.05, 4.69) is 23.0 Å². The topological polar surface area (TPSA) is 67.6 Å². The monoisotopic (exact) mass is 393 g/mol. The number of nitrogens with zero attached hydrogens (tertiary/aromatic N) is 3. The first-order valence-electron chi connectivity index (χ1n) is 9.90. The first-order valence-corrected chi connectivity index (χ1v) is 9.90. The summed E-state index contributed by atoms with van der Waals surface area (Å²) in [5.74, 6) is 1.77. The van der Waals surface area contributed by atoms with Gasteiger partial charge in [-0.15, -0.1) is 0 Å². The first kappa shape index (κ1) is 19.5. The molecular weight excluding hydrogens is 366 g/mol. The van der Waals surface area contributed by atoms with Gasteiger partial charge in [0.2, 0.25) is 0 Å². The number of hydrogen-bond donors (Lipinski definition) is 1. The second-order valence-electron chi connectivity index (χ2n) is 7.66. The lowest BCUT2D eigenvalue weighted by Gasteiger charge is -2.24. The van der Waals surface area contributed by atoms with Crippen molar-refractivity contribution < 1.29 is 13.9 Å². The second-order valence-corrected chi connectivity index (χ2v) is 7.66. The Hall–Kier alpha value is -2.83. The van der Waals surface area contributed by atoms with Gasteiger partial charge in [0.25, 0.3) is 0 Å². The van der Waals surface area contributed by atoms with Crippen LogP contribution in [0.4, 0.5) is 0 Å². The molecule has 1 atom stereocenters. The highest BCUT2D eigenvalue weighted by Gasteiger charge is 2.19. The summed E-state index contributed by atoms with van der Waals surface area (Å²) in [5.41, 5.74) is 4.03. The standard InChI is InChI=1S/C23H27N3O3/c1-16-11-17(2)26(24-16)13-19(27)12-25(14-20-7-6-10-28-20)15-23-18(3)21-8-4-5-9-22(21)29-23/h4-11,19,27H,12-15H2,1-3H3. The van der Waals surface area contributed by atoms with Crippen LogP contribution in [0, 0.1) is 20.8 Å². The number of para-hydroxylation sites is 1. The minimum atomic E-state index is -0.562. The summed E-state index contributed by atoms with van der Waals surface area (Å²) in [5, 5.41) is 16.3. The zero-order valence-corrected chi connectivity index (χ0v) is 17.1. The van der Waals surface area contributed by atoms with Crippen LogP contribution in [-0.2, 0) is 19.6 Å². The maximum atomic E-state index is 10.8. The van der Waals surface area contributed by atoms with Gasteiger partial charge in [-0.05, 0) is 50.6 Å². The van der Waals surface area contributed by atoms with Gasteiger partial charge < -0.3 is 13.9 Å². The molecule has 4 rings (SSSR count). The summed E-state index contributed by atoms with van der Waals surface area (Å²) in [6, 6.07) is 13.9. The number of fused-ring (bicyclic) bond motifs is 1. The number of aliphatic hydroxyl groups is 1. The first-order chi connectivity index (χ1) is 14.0. The van der Waals surface area contributed by atoms with Crippen LogP contribution in [-0.4, -0.2) is 32.4 Å². The van der Waals surface area contributed by atoms with Crippen molar-refractivity contribution in [2.45, 2.75) is 46.5 Å². The van der Waals surface area contributed by atoms with Crippen molar-refractivity contribution in [2.75, 3.05) is 6.54 Å². The Morgan fingerprint density at radius 3 is 2.62 bits per heavy atom. The minimum absolute atomic E-state index is 0.452. The van der Waals surface area contributed by atoms with E-state index >= 15 is 0 Å².